The van der Waals surface area contributed by atoms with E-state index in [1.165, 1.54) is 0 Å². The molecule has 2 N–H and O–H groups in total. The first-order valence-corrected chi connectivity index (χ1v) is 5.87. The van der Waals surface area contributed by atoms with E-state index in [2.05, 4.69) is 16.8 Å². The van der Waals surface area contributed by atoms with E-state index in [1.807, 2.05) is 6.07 Å². The Morgan fingerprint density at radius 1 is 1.53 bits per heavy atom. The molecule has 1 fully saturated rings. The Balaban J connectivity index is 2.24. The minimum atomic E-state index is 0.199. The van der Waals surface area contributed by atoms with Crippen LogP contribution in [0.15, 0.2) is 12.1 Å². The number of pyridine rings is 1. The summed E-state index contributed by atoms with van der Waals surface area (Å²) in [7, 11) is 1.61. The summed E-state index contributed by atoms with van der Waals surface area (Å²) >= 11 is 0. The number of anilines is 2. The number of methoxy groups -OCH3 is 1. The molecule has 0 aromatic carbocycles. The molecule has 0 saturated carbocycles. The first kappa shape index (κ1) is 12.0. The van der Waals surface area contributed by atoms with Gasteiger partial charge in [0.1, 0.15) is 0 Å². The van der Waals surface area contributed by atoms with Gasteiger partial charge in [0.2, 0.25) is 5.88 Å². The zero-order valence-electron chi connectivity index (χ0n) is 10.3. The van der Waals surface area contributed by atoms with Crippen molar-refractivity contribution in [3.05, 3.63) is 12.1 Å². The topological polar surface area (TPSA) is 60.6 Å². The second-order valence-electron chi connectivity index (χ2n) is 4.25. The van der Waals surface area contributed by atoms with Crippen molar-refractivity contribution >= 4 is 11.5 Å². The van der Waals surface area contributed by atoms with Crippen molar-refractivity contribution in [1.29, 1.82) is 0 Å². The highest BCUT2D eigenvalue weighted by molar-refractivity contribution is 5.63. The molecule has 0 bridgehead atoms. The highest BCUT2D eigenvalue weighted by Crippen LogP contribution is 2.25. The fourth-order valence-corrected chi connectivity index (χ4v) is 2.00. The van der Waals surface area contributed by atoms with Crippen molar-refractivity contribution in [3.8, 4) is 5.88 Å². The van der Waals surface area contributed by atoms with Gasteiger partial charge in [0.25, 0.3) is 0 Å². The van der Waals surface area contributed by atoms with Gasteiger partial charge in [-0.3, -0.25) is 0 Å². The summed E-state index contributed by atoms with van der Waals surface area (Å²) in [6.07, 6.45) is 1.19. The summed E-state index contributed by atoms with van der Waals surface area (Å²) < 4.78 is 10.7. The predicted octanol–water partition coefficient (Wildman–Crippen LogP) is 1.29. The van der Waals surface area contributed by atoms with E-state index in [-0.39, 0.29) is 6.10 Å². The molecule has 1 saturated heterocycles. The van der Waals surface area contributed by atoms with Crippen molar-refractivity contribution in [2.45, 2.75) is 19.4 Å². The maximum absolute atomic E-state index is 5.97. The number of hydrogen-bond acceptors (Lipinski definition) is 5. The molecule has 1 atom stereocenters. The Kier molecular flexibility index (Phi) is 3.68. The van der Waals surface area contributed by atoms with Crippen molar-refractivity contribution < 1.29 is 9.47 Å². The standard InChI is InChI=1S/C12H19N3O2/c1-9-8-15(6-3-7-17-9)12-10(13)4-5-11(14-12)16-2/h4-5,9H,3,6-8,13H2,1-2H3. The van der Waals surface area contributed by atoms with Crippen LogP contribution in [0, 0.1) is 0 Å². The summed E-state index contributed by atoms with van der Waals surface area (Å²) in [5, 5.41) is 0. The molecule has 0 spiro atoms. The quantitative estimate of drug-likeness (QED) is 0.839. The molecule has 2 rings (SSSR count). The van der Waals surface area contributed by atoms with Gasteiger partial charge in [-0.2, -0.15) is 4.98 Å². The Bertz CT molecular complexity index is 384. The normalized spacial score (nSPS) is 21.1. The summed E-state index contributed by atoms with van der Waals surface area (Å²) in [5.74, 6) is 1.38. The minimum absolute atomic E-state index is 0.199. The van der Waals surface area contributed by atoms with E-state index >= 15 is 0 Å². The largest absolute Gasteiger partial charge is 0.481 e. The fourth-order valence-electron chi connectivity index (χ4n) is 2.00. The molecule has 17 heavy (non-hydrogen) atoms. The highest BCUT2D eigenvalue weighted by Gasteiger charge is 2.18. The molecule has 0 radical (unpaired) electrons. The molecule has 0 amide bonds. The van der Waals surface area contributed by atoms with E-state index < -0.39 is 0 Å². The van der Waals surface area contributed by atoms with E-state index in [0.717, 1.165) is 31.9 Å². The van der Waals surface area contributed by atoms with Crippen LogP contribution in [0.5, 0.6) is 5.88 Å². The van der Waals surface area contributed by atoms with Gasteiger partial charge in [-0.1, -0.05) is 0 Å². The highest BCUT2D eigenvalue weighted by atomic mass is 16.5. The number of nitrogen functional groups attached to an aromatic ring is 1. The third-order valence-corrected chi connectivity index (χ3v) is 2.84. The maximum Gasteiger partial charge on any atom is 0.215 e. The van der Waals surface area contributed by atoms with Gasteiger partial charge in [-0.25, -0.2) is 0 Å². The van der Waals surface area contributed by atoms with Crippen LogP contribution in [-0.4, -0.2) is 37.9 Å². The van der Waals surface area contributed by atoms with Gasteiger partial charge in [0.15, 0.2) is 5.82 Å². The van der Waals surface area contributed by atoms with Gasteiger partial charge in [-0.05, 0) is 19.4 Å². The Labute approximate surface area is 102 Å². The molecule has 1 aromatic rings. The van der Waals surface area contributed by atoms with Crippen LogP contribution in [0.1, 0.15) is 13.3 Å². The average Bonchev–Trinajstić information content (AvgIpc) is 2.54. The van der Waals surface area contributed by atoms with Crippen LogP contribution in [0.3, 0.4) is 0 Å². The van der Waals surface area contributed by atoms with Crippen LogP contribution in [0.4, 0.5) is 11.5 Å². The molecule has 94 valence electrons. The second kappa shape index (κ2) is 5.23. The third-order valence-electron chi connectivity index (χ3n) is 2.84. The van der Waals surface area contributed by atoms with E-state index in [4.69, 9.17) is 15.2 Å². The Hall–Kier alpha value is -1.49. The van der Waals surface area contributed by atoms with Crippen LogP contribution >= 0.6 is 0 Å². The number of rotatable bonds is 2. The minimum Gasteiger partial charge on any atom is -0.481 e. The van der Waals surface area contributed by atoms with Gasteiger partial charge in [0, 0.05) is 25.8 Å². The lowest BCUT2D eigenvalue weighted by Crippen LogP contribution is -2.31. The van der Waals surface area contributed by atoms with E-state index in [1.54, 1.807) is 13.2 Å². The molecule has 0 aliphatic carbocycles. The lowest BCUT2D eigenvalue weighted by molar-refractivity contribution is 0.0820. The smallest absolute Gasteiger partial charge is 0.215 e. The monoisotopic (exact) mass is 237 g/mol. The van der Waals surface area contributed by atoms with Crippen LogP contribution in [0.2, 0.25) is 0 Å². The molecule has 5 heteroatoms. The predicted molar refractivity (Wildman–Crippen MR) is 67.4 cm³/mol. The third kappa shape index (κ3) is 2.79. The van der Waals surface area contributed by atoms with Crippen LogP contribution in [-0.2, 0) is 4.74 Å². The lowest BCUT2D eigenvalue weighted by atomic mass is 10.3. The van der Waals surface area contributed by atoms with E-state index in [0.29, 0.717) is 11.6 Å². The number of nitrogens with zero attached hydrogens (tertiary/aromatic N) is 2. The van der Waals surface area contributed by atoms with Crippen molar-refractivity contribution in [3.63, 3.8) is 0 Å². The van der Waals surface area contributed by atoms with Gasteiger partial charge in [-0.15, -0.1) is 0 Å². The van der Waals surface area contributed by atoms with Gasteiger partial charge >= 0.3 is 0 Å². The summed E-state index contributed by atoms with van der Waals surface area (Å²) in [5.41, 5.74) is 6.65. The SMILES string of the molecule is COc1ccc(N)c(N2CCCOC(C)C2)n1. The van der Waals surface area contributed by atoms with Gasteiger partial charge in [0.05, 0.1) is 18.9 Å². The van der Waals surface area contributed by atoms with Crippen molar-refractivity contribution in [2.75, 3.05) is 37.4 Å². The lowest BCUT2D eigenvalue weighted by Gasteiger charge is -2.24. The number of nitrogens with two attached hydrogens (primary N) is 1. The maximum atomic E-state index is 5.97. The zero-order valence-corrected chi connectivity index (χ0v) is 10.3. The molecule has 1 aliphatic rings. The summed E-state index contributed by atoms with van der Waals surface area (Å²) in [6, 6.07) is 3.61. The Morgan fingerprint density at radius 3 is 3.12 bits per heavy atom. The number of aromatic nitrogens is 1. The first-order valence-electron chi connectivity index (χ1n) is 5.87. The van der Waals surface area contributed by atoms with E-state index in [9.17, 15) is 0 Å². The first-order chi connectivity index (χ1) is 8.20. The number of hydrogen-bond donors (Lipinski definition) is 1. The number of ether oxygens (including phenoxy) is 2. The van der Waals surface area contributed by atoms with Crippen LogP contribution in [0.25, 0.3) is 0 Å². The second-order valence-corrected chi connectivity index (χ2v) is 4.25. The zero-order chi connectivity index (χ0) is 12.3. The summed E-state index contributed by atoms with van der Waals surface area (Å²) in [4.78, 5) is 6.58. The Morgan fingerprint density at radius 2 is 2.35 bits per heavy atom. The molecule has 1 aromatic heterocycles. The molecular weight excluding hydrogens is 218 g/mol. The van der Waals surface area contributed by atoms with Gasteiger partial charge < -0.3 is 20.1 Å². The molecular formula is C12H19N3O2. The van der Waals surface area contributed by atoms with Crippen molar-refractivity contribution in [2.24, 2.45) is 0 Å². The fraction of sp³-hybridized carbons (Fsp3) is 0.583. The molecule has 1 unspecified atom stereocenters. The molecule has 5 nitrogen and oxygen atoms in total. The van der Waals surface area contributed by atoms with Crippen LogP contribution < -0.4 is 15.4 Å². The molecule has 2 heterocycles. The average molecular weight is 237 g/mol. The van der Waals surface area contributed by atoms with Crippen molar-refractivity contribution in [1.82, 2.24) is 4.98 Å². The molecule has 1 aliphatic heterocycles. The summed E-state index contributed by atoms with van der Waals surface area (Å²) in [6.45, 7) is 4.58.